The summed E-state index contributed by atoms with van der Waals surface area (Å²) < 4.78 is 7.70. The first-order valence-electron chi connectivity index (χ1n) is 10.7. The maximum Gasteiger partial charge on any atom is 0.158 e. The van der Waals surface area contributed by atoms with Gasteiger partial charge in [-0.2, -0.15) is 10.4 Å². The number of aryl methyl sites for hydroxylation is 1. The predicted molar refractivity (Wildman–Crippen MR) is 125 cm³/mol. The Bertz CT molecular complexity index is 1300. The molecule has 33 heavy (non-hydrogen) atoms. The summed E-state index contributed by atoms with van der Waals surface area (Å²) in [7, 11) is 1.93. The van der Waals surface area contributed by atoms with E-state index in [4.69, 9.17) is 10.00 Å². The fraction of sp³-hybridized carbons (Fsp3) is 0.261. The van der Waals surface area contributed by atoms with Crippen LogP contribution in [0, 0.1) is 11.3 Å². The molecule has 1 saturated heterocycles. The molecule has 0 spiro atoms. The first-order valence-corrected chi connectivity index (χ1v) is 10.7. The summed E-state index contributed by atoms with van der Waals surface area (Å²) in [4.78, 5) is 12.9. The van der Waals surface area contributed by atoms with E-state index >= 15 is 0 Å². The van der Waals surface area contributed by atoms with Crippen LogP contribution in [0.1, 0.15) is 5.69 Å². The van der Waals surface area contributed by atoms with Crippen LogP contribution in [0.2, 0.25) is 0 Å². The maximum absolute atomic E-state index is 8.91. The number of hydrogen-bond acceptors (Lipinski definition) is 9. The summed E-state index contributed by atoms with van der Waals surface area (Å²) >= 11 is 0. The predicted octanol–water partition coefficient (Wildman–Crippen LogP) is 2.44. The van der Waals surface area contributed by atoms with E-state index in [9.17, 15) is 0 Å². The second-order valence-corrected chi connectivity index (χ2v) is 7.76. The highest BCUT2D eigenvalue weighted by molar-refractivity contribution is 5.88. The molecule has 1 fully saturated rings. The van der Waals surface area contributed by atoms with E-state index in [1.54, 1.807) is 0 Å². The minimum atomic E-state index is 0.0846. The van der Waals surface area contributed by atoms with Gasteiger partial charge in [0.05, 0.1) is 36.8 Å². The van der Waals surface area contributed by atoms with Crippen LogP contribution in [-0.4, -0.2) is 57.1 Å². The summed E-state index contributed by atoms with van der Waals surface area (Å²) in [5.74, 6) is 1.13. The second kappa shape index (κ2) is 9.20. The molecule has 4 aromatic rings. The molecular weight excluding hydrogens is 418 g/mol. The zero-order valence-electron chi connectivity index (χ0n) is 18.1. The topological polar surface area (TPSA) is 126 Å². The average Bonchev–Trinajstić information content (AvgIpc) is 3.24. The number of nitrogens with one attached hydrogen (secondary N) is 3. The summed E-state index contributed by atoms with van der Waals surface area (Å²) in [5, 5.41) is 24.4. The molecule has 0 saturated carbocycles. The van der Waals surface area contributed by atoms with Crippen LogP contribution in [0.5, 0.6) is 0 Å². The molecule has 166 valence electrons. The van der Waals surface area contributed by atoms with Crippen molar-refractivity contribution in [1.29, 1.82) is 5.26 Å². The second-order valence-electron chi connectivity index (χ2n) is 7.76. The number of rotatable bonds is 6. The van der Waals surface area contributed by atoms with E-state index in [1.807, 2.05) is 36.3 Å². The summed E-state index contributed by atoms with van der Waals surface area (Å²) in [6.07, 6.45) is 6.71. The molecule has 3 aromatic heterocycles. The summed E-state index contributed by atoms with van der Waals surface area (Å²) in [6.45, 7) is 3.05. The summed E-state index contributed by atoms with van der Waals surface area (Å²) in [6, 6.07) is 10.2. The van der Waals surface area contributed by atoms with Gasteiger partial charge in [-0.1, -0.05) is 6.07 Å². The standard InChI is InChI=1S/C23H23N9O/c1-32-21-3-2-15(6-16(21)9-30-32)19-13-29-22(31-23-14-26-17(8-24)10-28-23)7-20(19)27-12-18-11-25-4-5-33-18/h2-3,6-7,9-10,13-14,18,25H,4-5,11-12H2,1H3,(H2,27,28,29,31)/t18-/m1/s1. The lowest BCUT2D eigenvalue weighted by molar-refractivity contribution is 0.0372. The molecule has 4 heterocycles. The van der Waals surface area contributed by atoms with Gasteiger partial charge >= 0.3 is 0 Å². The lowest BCUT2D eigenvalue weighted by Gasteiger charge is -2.25. The van der Waals surface area contributed by atoms with Crippen molar-refractivity contribution in [3.05, 3.63) is 54.7 Å². The van der Waals surface area contributed by atoms with Gasteiger partial charge in [0.15, 0.2) is 5.69 Å². The zero-order chi connectivity index (χ0) is 22.6. The van der Waals surface area contributed by atoms with Gasteiger partial charge in [0.25, 0.3) is 0 Å². The Kier molecular flexibility index (Phi) is 5.80. The molecule has 0 unspecified atom stereocenters. The van der Waals surface area contributed by atoms with Crippen LogP contribution < -0.4 is 16.0 Å². The molecule has 1 aliphatic heterocycles. The van der Waals surface area contributed by atoms with Crippen molar-refractivity contribution < 1.29 is 4.74 Å². The molecule has 3 N–H and O–H groups in total. The number of nitriles is 1. The van der Waals surface area contributed by atoms with Crippen LogP contribution in [0.3, 0.4) is 0 Å². The van der Waals surface area contributed by atoms with Crippen molar-refractivity contribution in [3.63, 3.8) is 0 Å². The van der Waals surface area contributed by atoms with Crippen molar-refractivity contribution in [2.24, 2.45) is 7.05 Å². The first-order chi connectivity index (χ1) is 16.2. The number of morpholine rings is 1. The molecule has 10 heteroatoms. The number of hydrogen-bond donors (Lipinski definition) is 3. The van der Waals surface area contributed by atoms with Gasteiger partial charge in [-0.25, -0.2) is 15.0 Å². The van der Waals surface area contributed by atoms with E-state index in [-0.39, 0.29) is 11.8 Å². The number of pyridine rings is 1. The Hall–Kier alpha value is -4.07. The molecular formula is C23H23N9O. The summed E-state index contributed by atoms with van der Waals surface area (Å²) in [5.41, 5.74) is 4.27. The van der Waals surface area contributed by atoms with E-state index in [0.717, 1.165) is 40.8 Å². The molecule has 0 bridgehead atoms. The van der Waals surface area contributed by atoms with E-state index in [1.165, 1.54) is 12.4 Å². The molecule has 1 aliphatic rings. The SMILES string of the molecule is Cn1ncc2cc(-c3cnc(Nc4cnc(C#N)cn4)cc3NC[C@H]3CNCCO3)ccc21. The van der Waals surface area contributed by atoms with Gasteiger partial charge in [0.1, 0.15) is 17.7 Å². The number of fused-ring (bicyclic) bond motifs is 1. The van der Waals surface area contributed by atoms with Gasteiger partial charge < -0.3 is 20.7 Å². The third-order valence-electron chi connectivity index (χ3n) is 5.51. The van der Waals surface area contributed by atoms with Gasteiger partial charge in [0, 0.05) is 55.6 Å². The van der Waals surface area contributed by atoms with Crippen molar-refractivity contribution in [3.8, 4) is 17.2 Å². The fourth-order valence-electron chi connectivity index (χ4n) is 3.79. The van der Waals surface area contributed by atoms with Crippen molar-refractivity contribution in [2.45, 2.75) is 6.10 Å². The smallest absolute Gasteiger partial charge is 0.158 e. The van der Waals surface area contributed by atoms with Crippen LogP contribution in [0.15, 0.2) is 49.1 Å². The van der Waals surface area contributed by atoms with Crippen LogP contribution >= 0.6 is 0 Å². The van der Waals surface area contributed by atoms with Crippen molar-refractivity contribution in [1.82, 2.24) is 30.0 Å². The van der Waals surface area contributed by atoms with Crippen LogP contribution in [0.25, 0.3) is 22.0 Å². The molecule has 1 aromatic carbocycles. The largest absolute Gasteiger partial charge is 0.382 e. The van der Waals surface area contributed by atoms with Crippen LogP contribution in [0.4, 0.5) is 17.3 Å². The van der Waals surface area contributed by atoms with E-state index in [0.29, 0.717) is 24.8 Å². The van der Waals surface area contributed by atoms with E-state index < -0.39 is 0 Å². The highest BCUT2D eigenvalue weighted by atomic mass is 16.5. The quantitative estimate of drug-likeness (QED) is 0.413. The number of aromatic nitrogens is 5. The Balaban J connectivity index is 1.45. The minimum Gasteiger partial charge on any atom is -0.382 e. The molecule has 5 rings (SSSR count). The van der Waals surface area contributed by atoms with Crippen molar-refractivity contribution >= 4 is 28.2 Å². The van der Waals surface area contributed by atoms with Gasteiger partial charge in [0.2, 0.25) is 0 Å². The lowest BCUT2D eigenvalue weighted by Crippen LogP contribution is -2.42. The van der Waals surface area contributed by atoms with Gasteiger partial charge in [-0.15, -0.1) is 0 Å². The number of ether oxygens (including phenoxy) is 1. The molecule has 10 nitrogen and oxygen atoms in total. The Morgan fingerprint density at radius 2 is 2.06 bits per heavy atom. The third kappa shape index (κ3) is 4.59. The first kappa shape index (κ1) is 20.8. The van der Waals surface area contributed by atoms with Crippen LogP contribution in [-0.2, 0) is 11.8 Å². The monoisotopic (exact) mass is 441 g/mol. The fourth-order valence-corrected chi connectivity index (χ4v) is 3.79. The highest BCUT2D eigenvalue weighted by Crippen LogP contribution is 2.32. The number of anilines is 3. The number of benzene rings is 1. The molecule has 0 aliphatic carbocycles. The number of nitrogens with zero attached hydrogens (tertiary/aromatic N) is 6. The molecule has 0 radical (unpaired) electrons. The van der Waals surface area contributed by atoms with E-state index in [2.05, 4.69) is 54.2 Å². The maximum atomic E-state index is 8.91. The Labute approximate surface area is 190 Å². The minimum absolute atomic E-state index is 0.0846. The molecule has 0 amide bonds. The lowest BCUT2D eigenvalue weighted by atomic mass is 10.0. The average molecular weight is 441 g/mol. The molecule has 1 atom stereocenters. The van der Waals surface area contributed by atoms with Gasteiger partial charge in [-0.05, 0) is 17.7 Å². The normalized spacial score (nSPS) is 15.8. The van der Waals surface area contributed by atoms with Crippen molar-refractivity contribution in [2.75, 3.05) is 36.9 Å². The van der Waals surface area contributed by atoms with Gasteiger partial charge in [-0.3, -0.25) is 4.68 Å². The highest BCUT2D eigenvalue weighted by Gasteiger charge is 2.15. The zero-order valence-corrected chi connectivity index (χ0v) is 18.1. The third-order valence-corrected chi connectivity index (χ3v) is 5.51. The Morgan fingerprint density at radius 1 is 1.15 bits per heavy atom. The Morgan fingerprint density at radius 3 is 2.85 bits per heavy atom.